The Hall–Kier alpha value is -1.32. The van der Waals surface area contributed by atoms with Crippen molar-refractivity contribution in [2.75, 3.05) is 33.9 Å². The molecule has 2 aromatic rings. The molecule has 0 radical (unpaired) electrons. The van der Waals surface area contributed by atoms with Crippen LogP contribution in [0.15, 0.2) is 46.1 Å². The van der Waals surface area contributed by atoms with Gasteiger partial charge in [0.15, 0.2) is 5.96 Å². The molecule has 0 amide bonds. The average Bonchev–Trinajstić information content (AvgIpc) is 3.16. The maximum absolute atomic E-state index is 6.25. The SMILES string of the molecule is CN=C(NCC1(c2cccc(Cl)c2)CCOCC1)N(C)Cc1ccon1.I. The number of ether oxygens (including phenoxy) is 1. The van der Waals surface area contributed by atoms with E-state index in [0.717, 1.165) is 49.3 Å². The lowest BCUT2D eigenvalue weighted by Crippen LogP contribution is -2.48. The fraction of sp³-hybridized carbons (Fsp3) is 0.474. The number of nitrogens with zero attached hydrogens (tertiary/aromatic N) is 3. The lowest BCUT2D eigenvalue weighted by Gasteiger charge is -2.39. The van der Waals surface area contributed by atoms with Crippen LogP contribution in [0.1, 0.15) is 24.1 Å². The number of aromatic nitrogens is 1. The molecular formula is C19H26ClIN4O2. The molecule has 27 heavy (non-hydrogen) atoms. The zero-order chi connectivity index (χ0) is 18.4. The average molecular weight is 505 g/mol. The van der Waals surface area contributed by atoms with Crippen molar-refractivity contribution >= 4 is 41.5 Å². The minimum absolute atomic E-state index is 0. The molecular weight excluding hydrogens is 479 g/mol. The van der Waals surface area contributed by atoms with Gasteiger partial charge >= 0.3 is 0 Å². The summed E-state index contributed by atoms with van der Waals surface area (Å²) in [6, 6.07) is 10.0. The molecule has 3 rings (SSSR count). The van der Waals surface area contributed by atoms with Gasteiger partial charge in [-0.1, -0.05) is 28.9 Å². The second-order valence-electron chi connectivity index (χ2n) is 6.65. The fourth-order valence-electron chi connectivity index (χ4n) is 3.42. The van der Waals surface area contributed by atoms with Crippen LogP contribution in [0.4, 0.5) is 0 Å². The van der Waals surface area contributed by atoms with Crippen LogP contribution < -0.4 is 5.32 Å². The van der Waals surface area contributed by atoms with E-state index in [0.29, 0.717) is 6.54 Å². The number of guanidine groups is 1. The molecule has 6 nitrogen and oxygen atoms in total. The van der Waals surface area contributed by atoms with Gasteiger partial charge in [0.05, 0.1) is 6.54 Å². The first kappa shape index (κ1) is 22.0. The van der Waals surface area contributed by atoms with Gasteiger partial charge < -0.3 is 19.5 Å². The summed E-state index contributed by atoms with van der Waals surface area (Å²) in [4.78, 5) is 6.44. The van der Waals surface area contributed by atoms with E-state index in [1.54, 1.807) is 13.3 Å². The highest BCUT2D eigenvalue weighted by molar-refractivity contribution is 14.0. The first-order valence-corrected chi connectivity index (χ1v) is 9.16. The van der Waals surface area contributed by atoms with Crippen molar-refractivity contribution in [2.24, 2.45) is 4.99 Å². The normalized spacial score (nSPS) is 16.5. The minimum atomic E-state index is -0.0200. The third kappa shape index (κ3) is 5.58. The predicted octanol–water partition coefficient (Wildman–Crippen LogP) is 3.70. The van der Waals surface area contributed by atoms with Crippen molar-refractivity contribution < 1.29 is 9.26 Å². The van der Waals surface area contributed by atoms with E-state index in [2.05, 4.69) is 27.6 Å². The van der Waals surface area contributed by atoms with E-state index in [1.807, 2.05) is 30.1 Å². The maximum atomic E-state index is 6.25. The molecule has 1 aromatic heterocycles. The van der Waals surface area contributed by atoms with E-state index < -0.39 is 0 Å². The number of aliphatic imine (C=N–C) groups is 1. The van der Waals surface area contributed by atoms with Crippen LogP contribution in [0, 0.1) is 0 Å². The first-order chi connectivity index (χ1) is 12.6. The summed E-state index contributed by atoms with van der Waals surface area (Å²) < 4.78 is 10.5. The standard InChI is InChI=1S/C19H25ClN4O2.HI/c1-21-18(24(2)13-17-6-9-26-23-17)22-14-19(7-10-25-11-8-19)15-4-3-5-16(20)12-15;/h3-6,9,12H,7-8,10-11,13-14H2,1-2H3,(H,21,22);1H. The zero-order valence-corrected chi connectivity index (χ0v) is 18.7. The van der Waals surface area contributed by atoms with Gasteiger partial charge in [-0.25, -0.2) is 0 Å². The van der Waals surface area contributed by atoms with Crippen molar-refractivity contribution in [2.45, 2.75) is 24.8 Å². The number of hydrogen-bond donors (Lipinski definition) is 1. The molecule has 1 aliphatic rings. The van der Waals surface area contributed by atoms with E-state index in [4.69, 9.17) is 20.9 Å². The van der Waals surface area contributed by atoms with Crippen LogP contribution in [0.3, 0.4) is 0 Å². The second-order valence-corrected chi connectivity index (χ2v) is 7.09. The third-order valence-electron chi connectivity index (χ3n) is 4.94. The van der Waals surface area contributed by atoms with Crippen molar-refractivity contribution in [3.8, 4) is 0 Å². The van der Waals surface area contributed by atoms with Crippen molar-refractivity contribution in [1.82, 2.24) is 15.4 Å². The smallest absolute Gasteiger partial charge is 0.193 e. The number of rotatable bonds is 5. The molecule has 1 fully saturated rings. The molecule has 0 aliphatic carbocycles. The fourth-order valence-corrected chi connectivity index (χ4v) is 3.61. The highest BCUT2D eigenvalue weighted by Crippen LogP contribution is 2.35. The number of halogens is 2. The lowest BCUT2D eigenvalue weighted by molar-refractivity contribution is 0.0512. The molecule has 0 spiro atoms. The van der Waals surface area contributed by atoms with E-state index in [1.165, 1.54) is 5.56 Å². The monoisotopic (exact) mass is 504 g/mol. The van der Waals surface area contributed by atoms with Gasteiger partial charge in [0, 0.05) is 50.4 Å². The molecule has 0 bridgehead atoms. The summed E-state index contributed by atoms with van der Waals surface area (Å²) in [5.41, 5.74) is 2.09. The zero-order valence-electron chi connectivity index (χ0n) is 15.7. The largest absolute Gasteiger partial charge is 0.381 e. The third-order valence-corrected chi connectivity index (χ3v) is 5.17. The summed E-state index contributed by atoms with van der Waals surface area (Å²) in [5.74, 6) is 0.820. The van der Waals surface area contributed by atoms with Crippen LogP contribution in [0.2, 0.25) is 5.02 Å². The predicted molar refractivity (Wildman–Crippen MR) is 118 cm³/mol. The highest BCUT2D eigenvalue weighted by atomic mass is 127. The van der Waals surface area contributed by atoms with E-state index in [-0.39, 0.29) is 29.4 Å². The Morgan fingerprint density at radius 2 is 2.11 bits per heavy atom. The minimum Gasteiger partial charge on any atom is -0.381 e. The van der Waals surface area contributed by atoms with Gasteiger partial charge in [-0.2, -0.15) is 0 Å². The van der Waals surface area contributed by atoms with Crippen LogP contribution in [-0.4, -0.2) is 49.9 Å². The van der Waals surface area contributed by atoms with Crippen molar-refractivity contribution in [1.29, 1.82) is 0 Å². The molecule has 148 valence electrons. The highest BCUT2D eigenvalue weighted by Gasteiger charge is 2.35. The lowest BCUT2D eigenvalue weighted by atomic mass is 9.74. The van der Waals surface area contributed by atoms with Crippen molar-refractivity contribution in [3.63, 3.8) is 0 Å². The Balaban J connectivity index is 0.00000261. The molecule has 1 N–H and O–H groups in total. The topological polar surface area (TPSA) is 62.9 Å². The van der Waals surface area contributed by atoms with Crippen molar-refractivity contribution in [3.05, 3.63) is 52.9 Å². The summed E-state index contributed by atoms with van der Waals surface area (Å²) in [7, 11) is 3.78. The molecule has 8 heteroatoms. The molecule has 0 atom stereocenters. The Kier molecular flexibility index (Phi) is 8.37. The summed E-state index contributed by atoms with van der Waals surface area (Å²) in [6.07, 6.45) is 3.48. The van der Waals surface area contributed by atoms with Gasteiger partial charge in [0.2, 0.25) is 0 Å². The molecule has 1 saturated heterocycles. The quantitative estimate of drug-likeness (QED) is 0.382. The maximum Gasteiger partial charge on any atom is 0.193 e. The molecule has 0 unspecified atom stereocenters. The van der Waals surface area contributed by atoms with Gasteiger partial charge in [-0.15, -0.1) is 24.0 Å². The summed E-state index contributed by atoms with van der Waals surface area (Å²) >= 11 is 6.25. The van der Waals surface area contributed by atoms with E-state index in [9.17, 15) is 0 Å². The van der Waals surface area contributed by atoms with Crippen LogP contribution in [-0.2, 0) is 16.7 Å². The van der Waals surface area contributed by atoms with Crippen LogP contribution >= 0.6 is 35.6 Å². The summed E-state index contributed by atoms with van der Waals surface area (Å²) in [5, 5.41) is 8.26. The number of hydrogen-bond acceptors (Lipinski definition) is 4. The Labute approximate surface area is 182 Å². The molecule has 2 heterocycles. The Morgan fingerprint density at radius 3 is 2.74 bits per heavy atom. The van der Waals surface area contributed by atoms with Gasteiger partial charge in [0.25, 0.3) is 0 Å². The first-order valence-electron chi connectivity index (χ1n) is 8.78. The van der Waals surface area contributed by atoms with Gasteiger partial charge in [0.1, 0.15) is 12.0 Å². The van der Waals surface area contributed by atoms with Gasteiger partial charge in [-0.05, 0) is 30.5 Å². The van der Waals surface area contributed by atoms with Gasteiger partial charge in [-0.3, -0.25) is 4.99 Å². The molecule has 1 aromatic carbocycles. The Morgan fingerprint density at radius 1 is 1.33 bits per heavy atom. The van der Waals surface area contributed by atoms with Crippen LogP contribution in [0.5, 0.6) is 0 Å². The van der Waals surface area contributed by atoms with E-state index >= 15 is 0 Å². The summed E-state index contributed by atoms with van der Waals surface area (Å²) in [6.45, 7) is 2.90. The second kappa shape index (κ2) is 10.3. The van der Waals surface area contributed by atoms with Crippen LogP contribution in [0.25, 0.3) is 0 Å². The number of benzene rings is 1. The number of nitrogens with one attached hydrogen (secondary N) is 1. The molecule has 0 saturated carbocycles. The Bertz CT molecular complexity index is 733. The molecule has 1 aliphatic heterocycles.